The number of carbonyl (C=O) groups is 1. The van der Waals surface area contributed by atoms with Crippen LogP contribution in [0.5, 0.6) is 0 Å². The second-order valence-corrected chi connectivity index (χ2v) is 7.88. The minimum atomic E-state index is -4.57. The van der Waals surface area contributed by atoms with Crippen LogP contribution >= 0.6 is 0 Å². The Morgan fingerprint density at radius 3 is 2.46 bits per heavy atom. The standard InChI is InChI=1S/C19H17F3N2O3S/c20-19(21,22)17-10-4-8-16(12-17)13-28(26,27)14-18(25)24-23-11-5-9-15-6-2-1-3-7-15/h1-12H,13-14H2,(H,24,25)/b9-5+,23-11+. The van der Waals surface area contributed by atoms with Crippen molar-refractivity contribution in [1.29, 1.82) is 0 Å². The molecule has 0 aliphatic heterocycles. The summed E-state index contributed by atoms with van der Waals surface area (Å²) in [4.78, 5) is 11.7. The topological polar surface area (TPSA) is 75.6 Å². The smallest absolute Gasteiger partial charge is 0.272 e. The molecule has 148 valence electrons. The first kappa shape index (κ1) is 21.4. The molecule has 1 amide bonds. The number of carbonyl (C=O) groups excluding carboxylic acids is 1. The highest BCUT2D eigenvalue weighted by atomic mass is 32.2. The van der Waals surface area contributed by atoms with Gasteiger partial charge >= 0.3 is 6.18 Å². The number of hydrazone groups is 1. The summed E-state index contributed by atoms with van der Waals surface area (Å²) >= 11 is 0. The van der Waals surface area contributed by atoms with Gasteiger partial charge in [-0.3, -0.25) is 4.79 Å². The molecule has 2 aromatic carbocycles. The van der Waals surface area contributed by atoms with Gasteiger partial charge in [0.2, 0.25) is 0 Å². The molecule has 0 atom stereocenters. The van der Waals surface area contributed by atoms with Crippen LogP contribution in [0.4, 0.5) is 13.2 Å². The van der Waals surface area contributed by atoms with E-state index in [4.69, 9.17) is 0 Å². The number of hydrogen-bond acceptors (Lipinski definition) is 4. The number of halogens is 3. The van der Waals surface area contributed by atoms with Crippen LogP contribution in [-0.2, 0) is 26.6 Å². The molecule has 0 aliphatic carbocycles. The monoisotopic (exact) mass is 410 g/mol. The van der Waals surface area contributed by atoms with E-state index in [9.17, 15) is 26.4 Å². The maximum absolute atomic E-state index is 12.7. The number of rotatable bonds is 7. The van der Waals surface area contributed by atoms with Crippen molar-refractivity contribution < 1.29 is 26.4 Å². The first-order valence-electron chi connectivity index (χ1n) is 8.06. The third-order valence-electron chi connectivity index (χ3n) is 3.43. The third-order valence-corrected chi connectivity index (χ3v) is 4.91. The van der Waals surface area contributed by atoms with Gasteiger partial charge in [-0.15, -0.1) is 0 Å². The normalized spacial score (nSPS) is 12.5. The molecule has 0 saturated carbocycles. The van der Waals surface area contributed by atoms with Crippen LogP contribution in [-0.4, -0.2) is 26.3 Å². The third kappa shape index (κ3) is 7.36. The van der Waals surface area contributed by atoms with Crippen molar-refractivity contribution in [1.82, 2.24) is 5.43 Å². The highest BCUT2D eigenvalue weighted by Gasteiger charge is 2.30. The lowest BCUT2D eigenvalue weighted by molar-refractivity contribution is -0.137. The number of hydrogen-bond donors (Lipinski definition) is 1. The van der Waals surface area contributed by atoms with E-state index in [1.54, 1.807) is 12.2 Å². The van der Waals surface area contributed by atoms with E-state index in [0.29, 0.717) is 0 Å². The zero-order valence-electron chi connectivity index (χ0n) is 14.6. The van der Waals surface area contributed by atoms with Crippen molar-refractivity contribution in [2.45, 2.75) is 11.9 Å². The second kappa shape index (κ2) is 9.32. The van der Waals surface area contributed by atoms with Crippen molar-refractivity contribution >= 4 is 28.0 Å². The average molecular weight is 410 g/mol. The molecular weight excluding hydrogens is 393 g/mol. The molecule has 2 aromatic rings. The fourth-order valence-electron chi connectivity index (χ4n) is 2.25. The van der Waals surface area contributed by atoms with Gasteiger partial charge in [0.1, 0.15) is 5.75 Å². The molecule has 0 fully saturated rings. The summed E-state index contributed by atoms with van der Waals surface area (Å²) in [5, 5.41) is 3.60. The van der Waals surface area contributed by atoms with Crippen LogP contribution in [0.1, 0.15) is 16.7 Å². The summed E-state index contributed by atoms with van der Waals surface area (Å²) in [5.74, 6) is -2.44. The van der Waals surface area contributed by atoms with E-state index in [0.717, 1.165) is 23.8 Å². The first-order chi connectivity index (χ1) is 13.2. The van der Waals surface area contributed by atoms with Crippen molar-refractivity contribution in [3.63, 3.8) is 0 Å². The number of amides is 1. The summed E-state index contributed by atoms with van der Waals surface area (Å²) in [5.41, 5.74) is 2.00. The number of allylic oxidation sites excluding steroid dienone is 1. The highest BCUT2D eigenvalue weighted by molar-refractivity contribution is 7.91. The Balaban J connectivity index is 1.88. The highest BCUT2D eigenvalue weighted by Crippen LogP contribution is 2.29. The summed E-state index contributed by atoms with van der Waals surface area (Å²) < 4.78 is 62.1. The van der Waals surface area contributed by atoms with Crippen molar-refractivity contribution in [2.24, 2.45) is 5.10 Å². The minimum absolute atomic E-state index is 0.0445. The second-order valence-electron chi connectivity index (χ2n) is 5.81. The number of nitrogens with one attached hydrogen (secondary N) is 1. The molecule has 28 heavy (non-hydrogen) atoms. The molecule has 0 unspecified atom stereocenters. The summed E-state index contributed by atoms with van der Waals surface area (Å²) in [6.07, 6.45) is 0.0102. The van der Waals surface area contributed by atoms with E-state index in [1.807, 2.05) is 30.3 Å². The molecule has 0 bridgehead atoms. The molecule has 2 rings (SSSR count). The molecular formula is C19H17F3N2O3S. The van der Waals surface area contributed by atoms with Crippen molar-refractivity contribution in [3.8, 4) is 0 Å². The van der Waals surface area contributed by atoms with Gasteiger partial charge in [-0.25, -0.2) is 13.8 Å². The molecule has 0 heterocycles. The van der Waals surface area contributed by atoms with Gasteiger partial charge in [0.15, 0.2) is 9.84 Å². The summed E-state index contributed by atoms with van der Waals surface area (Å²) in [7, 11) is -3.95. The Kier molecular flexibility index (Phi) is 7.11. The predicted molar refractivity (Wildman–Crippen MR) is 101 cm³/mol. The van der Waals surface area contributed by atoms with Gasteiger partial charge in [0.05, 0.1) is 11.3 Å². The van der Waals surface area contributed by atoms with Crippen LogP contribution in [0.2, 0.25) is 0 Å². The molecule has 0 aromatic heterocycles. The lowest BCUT2D eigenvalue weighted by Crippen LogP contribution is -2.27. The number of sulfone groups is 1. The Morgan fingerprint density at radius 1 is 1.07 bits per heavy atom. The van der Waals surface area contributed by atoms with Gasteiger partial charge in [-0.05, 0) is 23.3 Å². The Bertz CT molecular complexity index is 969. The lowest BCUT2D eigenvalue weighted by atomic mass is 10.1. The zero-order chi connectivity index (χ0) is 20.6. The maximum Gasteiger partial charge on any atom is 0.416 e. The lowest BCUT2D eigenvalue weighted by Gasteiger charge is -2.09. The van der Waals surface area contributed by atoms with Gasteiger partial charge in [-0.2, -0.15) is 18.3 Å². The van der Waals surface area contributed by atoms with Crippen LogP contribution in [0.25, 0.3) is 6.08 Å². The van der Waals surface area contributed by atoms with Gasteiger partial charge in [0, 0.05) is 6.21 Å². The largest absolute Gasteiger partial charge is 0.416 e. The van der Waals surface area contributed by atoms with Gasteiger partial charge < -0.3 is 0 Å². The Labute approximate surface area is 160 Å². The maximum atomic E-state index is 12.7. The molecule has 9 heteroatoms. The summed E-state index contributed by atoms with van der Waals surface area (Å²) in [6.45, 7) is 0. The molecule has 0 radical (unpaired) electrons. The number of alkyl halides is 3. The number of nitrogens with zero attached hydrogens (tertiary/aromatic N) is 1. The molecule has 1 N–H and O–H groups in total. The van der Waals surface area contributed by atoms with Crippen LogP contribution in [0, 0.1) is 0 Å². The van der Waals surface area contributed by atoms with Crippen molar-refractivity contribution in [2.75, 3.05) is 5.75 Å². The van der Waals surface area contributed by atoms with E-state index in [-0.39, 0.29) is 5.56 Å². The van der Waals surface area contributed by atoms with Gasteiger partial charge in [-0.1, -0.05) is 54.6 Å². The fraction of sp³-hybridized carbons (Fsp3) is 0.158. The van der Waals surface area contributed by atoms with E-state index < -0.39 is 39.0 Å². The SMILES string of the molecule is O=C(CS(=O)(=O)Cc1cccc(C(F)(F)F)c1)N/N=C/C=C/c1ccccc1. The van der Waals surface area contributed by atoms with Crippen molar-refractivity contribution in [3.05, 3.63) is 77.4 Å². The predicted octanol–water partition coefficient (Wildman–Crippen LogP) is 3.44. The Morgan fingerprint density at radius 2 is 1.79 bits per heavy atom. The van der Waals surface area contributed by atoms with E-state index in [2.05, 4.69) is 10.5 Å². The van der Waals surface area contributed by atoms with E-state index >= 15 is 0 Å². The zero-order valence-corrected chi connectivity index (χ0v) is 15.4. The average Bonchev–Trinajstić information content (AvgIpc) is 2.61. The van der Waals surface area contributed by atoms with Gasteiger partial charge in [0.25, 0.3) is 5.91 Å². The molecule has 0 saturated heterocycles. The quantitative estimate of drug-likeness (QED) is 0.561. The van der Waals surface area contributed by atoms with E-state index in [1.165, 1.54) is 12.3 Å². The van der Waals surface area contributed by atoms with Crippen LogP contribution < -0.4 is 5.43 Å². The first-order valence-corrected chi connectivity index (χ1v) is 9.88. The van der Waals surface area contributed by atoms with Crippen LogP contribution in [0.15, 0.2) is 65.8 Å². The summed E-state index contributed by atoms with van der Waals surface area (Å²) in [6, 6.07) is 13.3. The minimum Gasteiger partial charge on any atom is -0.272 e. The Hall–Kier alpha value is -2.94. The van der Waals surface area contributed by atoms with Crippen LogP contribution in [0.3, 0.4) is 0 Å². The number of benzene rings is 2. The fourth-order valence-corrected chi connectivity index (χ4v) is 3.50. The molecule has 0 aliphatic rings. The molecule has 0 spiro atoms. The molecule has 5 nitrogen and oxygen atoms in total.